The lowest BCUT2D eigenvalue weighted by Crippen LogP contribution is -2.40. The third kappa shape index (κ3) is 4.37. The van der Waals surface area contributed by atoms with E-state index >= 15 is 0 Å². The molecule has 1 fully saturated rings. The van der Waals surface area contributed by atoms with Gasteiger partial charge in [-0.25, -0.2) is 0 Å². The van der Waals surface area contributed by atoms with Crippen LogP contribution in [0.1, 0.15) is 24.0 Å². The Labute approximate surface area is 161 Å². The van der Waals surface area contributed by atoms with Crippen molar-refractivity contribution in [2.45, 2.75) is 26.3 Å². The number of likely N-dealkylation sites (tertiary alicyclic amines) is 1. The van der Waals surface area contributed by atoms with Crippen molar-refractivity contribution in [1.82, 2.24) is 4.90 Å². The van der Waals surface area contributed by atoms with Crippen LogP contribution in [-0.4, -0.2) is 23.9 Å². The molecule has 1 unspecified atom stereocenters. The first-order valence-electron chi connectivity index (χ1n) is 9.75. The van der Waals surface area contributed by atoms with E-state index in [4.69, 9.17) is 0 Å². The summed E-state index contributed by atoms with van der Waals surface area (Å²) in [5.41, 5.74) is 3.48. The minimum absolute atomic E-state index is 0.0515. The summed E-state index contributed by atoms with van der Waals surface area (Å²) in [7, 11) is 0. The fourth-order valence-electron chi connectivity index (χ4n) is 3.88. The van der Waals surface area contributed by atoms with Gasteiger partial charge in [0.05, 0.1) is 5.92 Å². The zero-order chi connectivity index (χ0) is 18.6. The quantitative estimate of drug-likeness (QED) is 0.712. The zero-order valence-corrected chi connectivity index (χ0v) is 15.8. The Morgan fingerprint density at radius 3 is 2.63 bits per heavy atom. The second-order valence-electron chi connectivity index (χ2n) is 7.61. The fourth-order valence-corrected chi connectivity index (χ4v) is 3.88. The highest BCUT2D eigenvalue weighted by Crippen LogP contribution is 2.23. The molecule has 1 N–H and O–H groups in total. The van der Waals surface area contributed by atoms with Crippen molar-refractivity contribution in [1.29, 1.82) is 0 Å². The van der Waals surface area contributed by atoms with E-state index in [1.165, 1.54) is 16.5 Å². The van der Waals surface area contributed by atoms with Gasteiger partial charge in [0.1, 0.15) is 0 Å². The van der Waals surface area contributed by atoms with Crippen molar-refractivity contribution in [3.63, 3.8) is 0 Å². The fraction of sp³-hybridized carbons (Fsp3) is 0.292. The number of fused-ring (bicyclic) bond motifs is 1. The van der Waals surface area contributed by atoms with Crippen molar-refractivity contribution >= 4 is 22.4 Å². The van der Waals surface area contributed by atoms with Crippen molar-refractivity contribution in [2.24, 2.45) is 5.92 Å². The molecule has 0 spiro atoms. The van der Waals surface area contributed by atoms with Gasteiger partial charge in [-0.05, 0) is 54.8 Å². The van der Waals surface area contributed by atoms with Crippen LogP contribution in [-0.2, 0) is 11.3 Å². The number of anilines is 1. The van der Waals surface area contributed by atoms with Gasteiger partial charge in [0, 0.05) is 18.8 Å². The van der Waals surface area contributed by atoms with Crippen molar-refractivity contribution in [3.8, 4) is 0 Å². The molecule has 0 aliphatic carbocycles. The normalized spacial score (nSPS) is 17.7. The summed E-state index contributed by atoms with van der Waals surface area (Å²) in [6, 6.07) is 23.0. The number of piperidine rings is 1. The summed E-state index contributed by atoms with van der Waals surface area (Å²) in [5, 5.41) is 5.47. The Hall–Kier alpha value is -2.65. The predicted molar refractivity (Wildman–Crippen MR) is 112 cm³/mol. The van der Waals surface area contributed by atoms with Gasteiger partial charge in [-0.15, -0.1) is 0 Å². The highest BCUT2D eigenvalue weighted by Gasteiger charge is 2.25. The van der Waals surface area contributed by atoms with E-state index in [1.54, 1.807) is 0 Å². The number of rotatable bonds is 4. The summed E-state index contributed by atoms with van der Waals surface area (Å²) in [4.78, 5) is 15.2. The lowest BCUT2D eigenvalue weighted by Gasteiger charge is -2.32. The number of carbonyl (C=O) groups excluding carboxylic acids is 1. The van der Waals surface area contributed by atoms with E-state index in [2.05, 4.69) is 65.7 Å². The Balaban J connectivity index is 1.39. The van der Waals surface area contributed by atoms with E-state index < -0.39 is 0 Å². The largest absolute Gasteiger partial charge is 0.326 e. The molecule has 3 aromatic rings. The summed E-state index contributed by atoms with van der Waals surface area (Å²) in [6.45, 7) is 4.92. The van der Waals surface area contributed by atoms with E-state index in [9.17, 15) is 4.79 Å². The van der Waals surface area contributed by atoms with Crippen LogP contribution in [0.4, 0.5) is 5.69 Å². The first kappa shape index (κ1) is 17.7. The molecule has 27 heavy (non-hydrogen) atoms. The molecule has 1 atom stereocenters. The van der Waals surface area contributed by atoms with Crippen molar-refractivity contribution < 1.29 is 4.79 Å². The molecule has 3 nitrogen and oxygen atoms in total. The number of hydrogen-bond acceptors (Lipinski definition) is 2. The summed E-state index contributed by atoms with van der Waals surface area (Å²) in [5.74, 6) is 0.189. The number of amides is 1. The van der Waals surface area contributed by atoms with E-state index in [1.807, 2.05) is 18.2 Å². The third-order valence-electron chi connectivity index (χ3n) is 5.42. The topological polar surface area (TPSA) is 32.3 Å². The highest BCUT2D eigenvalue weighted by atomic mass is 16.1. The van der Waals surface area contributed by atoms with E-state index in [-0.39, 0.29) is 11.8 Å². The van der Waals surface area contributed by atoms with E-state index in [0.717, 1.165) is 43.5 Å². The molecule has 0 bridgehead atoms. The summed E-state index contributed by atoms with van der Waals surface area (Å²) < 4.78 is 0. The number of carbonyl (C=O) groups is 1. The van der Waals surface area contributed by atoms with Crippen LogP contribution in [0.2, 0.25) is 0 Å². The molecule has 0 saturated carbocycles. The second-order valence-corrected chi connectivity index (χ2v) is 7.61. The molecule has 4 rings (SSSR count). The van der Waals surface area contributed by atoms with Gasteiger partial charge < -0.3 is 5.32 Å². The zero-order valence-electron chi connectivity index (χ0n) is 15.8. The van der Waals surface area contributed by atoms with Gasteiger partial charge in [-0.2, -0.15) is 0 Å². The van der Waals surface area contributed by atoms with Crippen LogP contribution in [0.15, 0.2) is 66.7 Å². The molecule has 1 heterocycles. The number of hydrogen-bond donors (Lipinski definition) is 1. The lowest BCUT2D eigenvalue weighted by molar-refractivity contribution is -0.121. The SMILES string of the molecule is Cc1ccc(CN2CCCC(C(=O)Nc3ccc4ccccc4c3)C2)cc1. The molecular weight excluding hydrogens is 332 g/mol. The molecule has 1 saturated heterocycles. The van der Waals surface area contributed by atoms with Crippen LogP contribution >= 0.6 is 0 Å². The average molecular weight is 358 g/mol. The van der Waals surface area contributed by atoms with Crippen LogP contribution in [0.25, 0.3) is 10.8 Å². The second kappa shape index (κ2) is 7.93. The molecular formula is C24H26N2O. The Bertz CT molecular complexity index is 933. The van der Waals surface area contributed by atoms with Gasteiger partial charge in [-0.3, -0.25) is 9.69 Å². The third-order valence-corrected chi connectivity index (χ3v) is 5.42. The maximum atomic E-state index is 12.8. The molecule has 3 aromatic carbocycles. The molecule has 1 aliphatic rings. The Morgan fingerprint density at radius 2 is 1.81 bits per heavy atom. The van der Waals surface area contributed by atoms with Gasteiger partial charge >= 0.3 is 0 Å². The standard InChI is InChI=1S/C24H26N2O/c1-18-8-10-19(11-9-18)16-26-14-4-7-22(17-26)24(27)25-23-13-12-20-5-2-3-6-21(20)15-23/h2-3,5-6,8-13,15,22H,4,7,14,16-17H2,1H3,(H,25,27). The first-order chi connectivity index (χ1) is 13.2. The van der Waals surface area contributed by atoms with Crippen LogP contribution < -0.4 is 5.32 Å². The lowest BCUT2D eigenvalue weighted by atomic mass is 9.96. The predicted octanol–water partition coefficient (Wildman–Crippen LogP) is 5.00. The number of aryl methyl sites for hydroxylation is 1. The summed E-state index contributed by atoms with van der Waals surface area (Å²) in [6.07, 6.45) is 2.03. The first-order valence-corrected chi connectivity index (χ1v) is 9.75. The Kier molecular flexibility index (Phi) is 5.21. The maximum Gasteiger partial charge on any atom is 0.228 e. The van der Waals surface area contributed by atoms with Gasteiger partial charge in [0.25, 0.3) is 0 Å². The number of nitrogens with zero attached hydrogens (tertiary/aromatic N) is 1. The van der Waals surface area contributed by atoms with Crippen molar-refractivity contribution in [2.75, 3.05) is 18.4 Å². The highest BCUT2D eigenvalue weighted by molar-refractivity contribution is 5.95. The number of benzene rings is 3. The molecule has 0 aromatic heterocycles. The minimum atomic E-state index is 0.0515. The summed E-state index contributed by atoms with van der Waals surface area (Å²) >= 11 is 0. The average Bonchev–Trinajstić information content (AvgIpc) is 2.70. The molecule has 1 aliphatic heterocycles. The van der Waals surface area contributed by atoms with Gasteiger partial charge in [-0.1, -0.05) is 60.2 Å². The monoisotopic (exact) mass is 358 g/mol. The molecule has 138 valence electrons. The maximum absolute atomic E-state index is 12.8. The number of nitrogens with one attached hydrogen (secondary N) is 1. The van der Waals surface area contributed by atoms with Crippen molar-refractivity contribution in [3.05, 3.63) is 77.9 Å². The smallest absolute Gasteiger partial charge is 0.228 e. The van der Waals surface area contributed by atoms with Crippen LogP contribution in [0, 0.1) is 12.8 Å². The molecule has 3 heteroatoms. The van der Waals surface area contributed by atoms with Crippen LogP contribution in [0.5, 0.6) is 0 Å². The van der Waals surface area contributed by atoms with Gasteiger partial charge in [0.2, 0.25) is 5.91 Å². The molecule has 1 amide bonds. The van der Waals surface area contributed by atoms with E-state index in [0.29, 0.717) is 0 Å². The Morgan fingerprint density at radius 1 is 1.04 bits per heavy atom. The molecule has 0 radical (unpaired) electrons. The van der Waals surface area contributed by atoms with Crippen LogP contribution in [0.3, 0.4) is 0 Å². The minimum Gasteiger partial charge on any atom is -0.326 e. The van der Waals surface area contributed by atoms with Gasteiger partial charge in [0.15, 0.2) is 0 Å².